The Kier molecular flexibility index (Phi) is 4.80. The van der Waals surface area contributed by atoms with Crippen LogP contribution in [0.3, 0.4) is 0 Å². The first kappa shape index (κ1) is 15.7. The van der Waals surface area contributed by atoms with E-state index in [-0.39, 0.29) is 22.2 Å². The predicted octanol–water partition coefficient (Wildman–Crippen LogP) is 2.27. The molecule has 1 fully saturated rings. The topological polar surface area (TPSA) is 66.7 Å². The van der Waals surface area contributed by atoms with E-state index >= 15 is 0 Å². The number of benzene rings is 1. The number of hydrogen-bond acceptors (Lipinski definition) is 4. The van der Waals surface area contributed by atoms with Crippen molar-refractivity contribution in [1.29, 1.82) is 0 Å². The average Bonchev–Trinajstić information content (AvgIpc) is 2.85. The number of carbonyl (C=O) groups is 1. The number of rotatable bonds is 4. The monoisotopic (exact) mass is 311 g/mol. The van der Waals surface area contributed by atoms with E-state index in [0.717, 1.165) is 13.0 Å². The fraction of sp³-hybridized carbons (Fsp3) is 0.500. The molecule has 0 saturated carbocycles. The Hall–Kier alpha value is -1.66. The third-order valence-corrected chi connectivity index (χ3v) is 3.91. The number of carbonyl (C=O) groups excluding carboxylic acids is 1. The maximum absolute atomic E-state index is 12.5. The summed E-state index contributed by atoms with van der Waals surface area (Å²) in [6.45, 7) is 2.12. The maximum atomic E-state index is 12.5. The van der Waals surface area contributed by atoms with Gasteiger partial charge in [-0.3, -0.25) is 14.9 Å². The van der Waals surface area contributed by atoms with Gasteiger partial charge in [0.05, 0.1) is 9.95 Å². The highest BCUT2D eigenvalue weighted by Crippen LogP contribution is 2.29. The molecule has 21 heavy (non-hydrogen) atoms. The number of amides is 1. The third kappa shape index (κ3) is 3.51. The molecule has 1 aliphatic heterocycles. The lowest BCUT2D eigenvalue weighted by atomic mass is 10.1. The van der Waals surface area contributed by atoms with Gasteiger partial charge in [0.15, 0.2) is 0 Å². The first-order valence-corrected chi connectivity index (χ1v) is 7.15. The van der Waals surface area contributed by atoms with Gasteiger partial charge >= 0.3 is 0 Å². The Bertz CT molecular complexity index is 562. The van der Waals surface area contributed by atoms with Gasteiger partial charge in [-0.2, -0.15) is 0 Å². The van der Waals surface area contributed by atoms with Crippen molar-refractivity contribution < 1.29 is 9.72 Å². The molecule has 0 radical (unpaired) electrons. The zero-order valence-electron chi connectivity index (χ0n) is 12.1. The van der Waals surface area contributed by atoms with Crippen LogP contribution >= 0.6 is 11.6 Å². The lowest BCUT2D eigenvalue weighted by molar-refractivity contribution is -0.385. The summed E-state index contributed by atoms with van der Waals surface area (Å²) in [7, 11) is 3.98. The van der Waals surface area contributed by atoms with Crippen molar-refractivity contribution in [2.75, 3.05) is 33.7 Å². The molecule has 114 valence electrons. The highest BCUT2D eigenvalue weighted by molar-refractivity contribution is 6.34. The number of nitro benzene ring substituents is 1. The largest absolute Gasteiger partial charge is 0.338 e. The molecular weight excluding hydrogens is 294 g/mol. The summed E-state index contributed by atoms with van der Waals surface area (Å²) in [4.78, 5) is 26.8. The summed E-state index contributed by atoms with van der Waals surface area (Å²) >= 11 is 6.01. The molecule has 6 nitrogen and oxygen atoms in total. The summed E-state index contributed by atoms with van der Waals surface area (Å²) in [6, 6.07) is 4.30. The SMILES string of the molecule is CN(C)C[C@@H]1CCN(C(=O)c2c(Cl)cccc2[N+](=O)[O-])C1. The fourth-order valence-corrected chi connectivity index (χ4v) is 2.97. The minimum Gasteiger partial charge on any atom is -0.338 e. The van der Waals surface area contributed by atoms with E-state index in [1.165, 1.54) is 18.2 Å². The lowest BCUT2D eigenvalue weighted by Gasteiger charge is -2.19. The van der Waals surface area contributed by atoms with E-state index < -0.39 is 4.92 Å². The molecule has 1 aromatic rings. The highest BCUT2D eigenvalue weighted by Gasteiger charge is 2.32. The molecule has 0 bridgehead atoms. The Morgan fingerprint density at radius 2 is 2.24 bits per heavy atom. The van der Waals surface area contributed by atoms with Crippen molar-refractivity contribution in [2.24, 2.45) is 5.92 Å². The van der Waals surface area contributed by atoms with Crippen LogP contribution in [-0.2, 0) is 0 Å². The second kappa shape index (κ2) is 6.41. The lowest BCUT2D eigenvalue weighted by Crippen LogP contribution is -2.31. The van der Waals surface area contributed by atoms with Crippen LogP contribution in [0.25, 0.3) is 0 Å². The molecule has 1 aliphatic rings. The molecule has 2 rings (SSSR count). The predicted molar refractivity (Wildman–Crippen MR) is 80.7 cm³/mol. The Balaban J connectivity index is 2.20. The van der Waals surface area contributed by atoms with Crippen molar-refractivity contribution in [3.63, 3.8) is 0 Å². The molecular formula is C14H18ClN3O3. The molecule has 0 spiro atoms. The van der Waals surface area contributed by atoms with Gasteiger partial charge in [-0.25, -0.2) is 0 Å². The average molecular weight is 312 g/mol. The summed E-state index contributed by atoms with van der Waals surface area (Å²) < 4.78 is 0. The van der Waals surface area contributed by atoms with Gasteiger partial charge < -0.3 is 9.80 Å². The summed E-state index contributed by atoms with van der Waals surface area (Å²) in [5.74, 6) is 0.0408. The van der Waals surface area contributed by atoms with Crippen molar-refractivity contribution >= 4 is 23.2 Å². The number of halogens is 1. The standard InChI is InChI=1S/C14H18ClN3O3/c1-16(2)8-10-6-7-17(9-10)14(19)13-11(15)4-3-5-12(13)18(20)21/h3-5,10H,6-9H2,1-2H3/t10-/m0/s1. The van der Waals surface area contributed by atoms with E-state index in [1.54, 1.807) is 4.90 Å². The highest BCUT2D eigenvalue weighted by atomic mass is 35.5. The van der Waals surface area contributed by atoms with Crippen molar-refractivity contribution in [1.82, 2.24) is 9.80 Å². The molecule has 0 aromatic heterocycles. The van der Waals surface area contributed by atoms with Gasteiger partial charge in [0, 0.05) is 25.7 Å². The third-order valence-electron chi connectivity index (χ3n) is 3.60. The normalized spacial score (nSPS) is 18.3. The summed E-state index contributed by atoms with van der Waals surface area (Å²) in [5.41, 5.74) is -0.238. The van der Waals surface area contributed by atoms with E-state index in [1.807, 2.05) is 14.1 Å². The number of nitrogens with zero attached hydrogens (tertiary/aromatic N) is 3. The maximum Gasteiger partial charge on any atom is 0.283 e. The molecule has 7 heteroatoms. The second-order valence-electron chi connectivity index (χ2n) is 5.56. The van der Waals surface area contributed by atoms with Crippen LogP contribution in [0.1, 0.15) is 16.8 Å². The first-order chi connectivity index (χ1) is 9.90. The molecule has 1 amide bonds. The Morgan fingerprint density at radius 1 is 1.52 bits per heavy atom. The van der Waals surface area contributed by atoms with Gasteiger partial charge in [0.2, 0.25) is 0 Å². The molecule has 1 atom stereocenters. The smallest absolute Gasteiger partial charge is 0.283 e. The number of nitro groups is 1. The van der Waals surface area contributed by atoms with E-state index in [0.29, 0.717) is 19.0 Å². The molecule has 0 aliphatic carbocycles. The molecule has 0 N–H and O–H groups in total. The summed E-state index contributed by atoms with van der Waals surface area (Å²) in [6.07, 6.45) is 0.905. The fourth-order valence-electron chi connectivity index (χ4n) is 2.72. The number of hydrogen-bond donors (Lipinski definition) is 0. The van der Waals surface area contributed by atoms with Gasteiger partial charge in [-0.15, -0.1) is 0 Å². The van der Waals surface area contributed by atoms with E-state index in [4.69, 9.17) is 11.6 Å². The van der Waals surface area contributed by atoms with Gasteiger partial charge in [-0.05, 0) is 32.5 Å². The first-order valence-electron chi connectivity index (χ1n) is 6.77. The molecule has 1 aromatic carbocycles. The van der Waals surface area contributed by atoms with Crippen LogP contribution in [-0.4, -0.2) is 54.4 Å². The van der Waals surface area contributed by atoms with Crippen LogP contribution in [0, 0.1) is 16.0 Å². The quantitative estimate of drug-likeness (QED) is 0.632. The van der Waals surface area contributed by atoms with Crippen LogP contribution < -0.4 is 0 Å². The van der Waals surface area contributed by atoms with Crippen LogP contribution in [0.4, 0.5) is 5.69 Å². The Morgan fingerprint density at radius 3 is 2.86 bits per heavy atom. The van der Waals surface area contributed by atoms with Gasteiger partial charge in [0.25, 0.3) is 11.6 Å². The van der Waals surface area contributed by atoms with Crippen LogP contribution in [0.15, 0.2) is 18.2 Å². The zero-order chi connectivity index (χ0) is 15.6. The minimum absolute atomic E-state index is 0.00494. The van der Waals surface area contributed by atoms with Crippen molar-refractivity contribution in [2.45, 2.75) is 6.42 Å². The number of likely N-dealkylation sites (tertiary alicyclic amines) is 1. The minimum atomic E-state index is -0.563. The van der Waals surface area contributed by atoms with Crippen LogP contribution in [0.2, 0.25) is 5.02 Å². The molecule has 1 heterocycles. The van der Waals surface area contributed by atoms with Crippen molar-refractivity contribution in [3.8, 4) is 0 Å². The van der Waals surface area contributed by atoms with Gasteiger partial charge in [0.1, 0.15) is 5.56 Å². The van der Waals surface area contributed by atoms with E-state index in [2.05, 4.69) is 4.90 Å². The zero-order valence-corrected chi connectivity index (χ0v) is 12.8. The van der Waals surface area contributed by atoms with E-state index in [9.17, 15) is 14.9 Å². The van der Waals surface area contributed by atoms with Crippen molar-refractivity contribution in [3.05, 3.63) is 38.9 Å². The van der Waals surface area contributed by atoms with Gasteiger partial charge in [-0.1, -0.05) is 17.7 Å². The molecule has 1 saturated heterocycles. The molecule has 0 unspecified atom stereocenters. The Labute approximate surface area is 128 Å². The summed E-state index contributed by atoms with van der Waals surface area (Å²) in [5, 5.41) is 11.2. The second-order valence-corrected chi connectivity index (χ2v) is 5.97. The van der Waals surface area contributed by atoms with Crippen LogP contribution in [0.5, 0.6) is 0 Å².